The van der Waals surface area contributed by atoms with E-state index in [9.17, 15) is 22.4 Å². The van der Waals surface area contributed by atoms with Gasteiger partial charge in [0.2, 0.25) is 5.91 Å². The van der Waals surface area contributed by atoms with Gasteiger partial charge in [-0.15, -0.1) is 0 Å². The molecule has 6 heteroatoms. The molecular formula is C14H13F4NO. The van der Waals surface area contributed by atoms with E-state index in [1.807, 2.05) is 0 Å². The lowest BCUT2D eigenvalue weighted by molar-refractivity contribution is -0.137. The van der Waals surface area contributed by atoms with E-state index in [1.54, 1.807) is 0 Å². The number of benzene rings is 1. The van der Waals surface area contributed by atoms with Gasteiger partial charge in [0.05, 0.1) is 5.56 Å². The molecule has 1 amide bonds. The van der Waals surface area contributed by atoms with Crippen LogP contribution in [0.3, 0.4) is 0 Å². The maximum absolute atomic E-state index is 13.6. The Morgan fingerprint density at radius 2 is 2.05 bits per heavy atom. The van der Waals surface area contributed by atoms with Crippen LogP contribution in [-0.2, 0) is 17.5 Å². The summed E-state index contributed by atoms with van der Waals surface area (Å²) in [5.41, 5.74) is -0.746. The molecule has 2 saturated carbocycles. The summed E-state index contributed by atoms with van der Waals surface area (Å²) in [5, 5.41) is 2.60. The fourth-order valence-corrected chi connectivity index (χ4v) is 2.60. The number of hydrogen-bond acceptors (Lipinski definition) is 1. The Kier molecular flexibility index (Phi) is 2.81. The average molecular weight is 287 g/mol. The van der Waals surface area contributed by atoms with E-state index in [0.29, 0.717) is 6.07 Å². The molecule has 1 unspecified atom stereocenters. The van der Waals surface area contributed by atoms with Crippen LogP contribution in [-0.4, -0.2) is 5.91 Å². The standard InChI is InChI=1S/C14H13F4NO/c15-11-5-9(14(16,17)18)2-1-8(11)7-19-12(20)10-6-13(10)3-4-13/h1-2,5,10H,3-4,6-7H2,(H,19,20). The second-order valence-electron chi connectivity index (χ2n) is 5.64. The van der Waals surface area contributed by atoms with Crippen LogP contribution in [0.15, 0.2) is 18.2 Å². The molecule has 2 aliphatic carbocycles. The molecule has 20 heavy (non-hydrogen) atoms. The third kappa shape index (κ3) is 2.39. The molecule has 3 rings (SSSR count). The lowest BCUT2D eigenvalue weighted by atomic mass is 10.1. The highest BCUT2D eigenvalue weighted by Crippen LogP contribution is 2.70. The van der Waals surface area contributed by atoms with Gasteiger partial charge in [0.15, 0.2) is 0 Å². The van der Waals surface area contributed by atoms with Crippen LogP contribution in [0.4, 0.5) is 17.6 Å². The van der Waals surface area contributed by atoms with Gasteiger partial charge in [0, 0.05) is 18.0 Å². The maximum atomic E-state index is 13.6. The van der Waals surface area contributed by atoms with Crippen LogP contribution in [0.5, 0.6) is 0 Å². The zero-order valence-corrected chi connectivity index (χ0v) is 10.6. The summed E-state index contributed by atoms with van der Waals surface area (Å²) < 4.78 is 50.7. The van der Waals surface area contributed by atoms with Crippen molar-refractivity contribution in [3.63, 3.8) is 0 Å². The third-order valence-corrected chi connectivity index (χ3v) is 4.23. The number of alkyl halides is 3. The highest BCUT2D eigenvalue weighted by Gasteiger charge is 2.65. The molecule has 1 aromatic rings. The van der Waals surface area contributed by atoms with E-state index in [-0.39, 0.29) is 29.3 Å². The first-order valence-electron chi connectivity index (χ1n) is 6.45. The maximum Gasteiger partial charge on any atom is 0.416 e. The fourth-order valence-electron chi connectivity index (χ4n) is 2.60. The molecule has 108 valence electrons. The van der Waals surface area contributed by atoms with Gasteiger partial charge in [0.25, 0.3) is 0 Å². The number of nitrogens with one attached hydrogen (secondary N) is 1. The van der Waals surface area contributed by atoms with Gasteiger partial charge >= 0.3 is 6.18 Å². The largest absolute Gasteiger partial charge is 0.416 e. The van der Waals surface area contributed by atoms with E-state index in [2.05, 4.69) is 5.32 Å². The van der Waals surface area contributed by atoms with E-state index in [0.717, 1.165) is 31.4 Å². The molecule has 2 fully saturated rings. The molecule has 2 aliphatic rings. The average Bonchev–Trinajstić information content (AvgIpc) is 3.27. The summed E-state index contributed by atoms with van der Waals surface area (Å²) in [6, 6.07) is 2.35. The Balaban J connectivity index is 1.61. The number of amides is 1. The van der Waals surface area contributed by atoms with Crippen LogP contribution in [0, 0.1) is 17.2 Å². The summed E-state index contributed by atoms with van der Waals surface area (Å²) >= 11 is 0. The van der Waals surface area contributed by atoms with E-state index >= 15 is 0 Å². The number of rotatable bonds is 3. The topological polar surface area (TPSA) is 29.1 Å². The van der Waals surface area contributed by atoms with Gasteiger partial charge in [-0.25, -0.2) is 4.39 Å². The zero-order valence-electron chi connectivity index (χ0n) is 10.6. The quantitative estimate of drug-likeness (QED) is 0.849. The summed E-state index contributed by atoms with van der Waals surface area (Å²) in [4.78, 5) is 11.8. The Bertz CT molecular complexity index is 563. The van der Waals surface area contributed by atoms with Gasteiger partial charge < -0.3 is 5.32 Å². The van der Waals surface area contributed by atoms with E-state index in [1.165, 1.54) is 0 Å². The van der Waals surface area contributed by atoms with Gasteiger partial charge in [-0.3, -0.25) is 4.79 Å². The molecular weight excluding hydrogens is 274 g/mol. The van der Waals surface area contributed by atoms with Crippen molar-refractivity contribution in [1.29, 1.82) is 0 Å². The van der Waals surface area contributed by atoms with Gasteiger partial charge in [-0.1, -0.05) is 6.07 Å². The summed E-state index contributed by atoms with van der Waals surface area (Å²) in [5.74, 6) is -1.06. The summed E-state index contributed by atoms with van der Waals surface area (Å²) in [6.07, 6.45) is -1.54. The molecule has 0 aromatic heterocycles. The van der Waals surface area contributed by atoms with Gasteiger partial charge in [-0.05, 0) is 36.8 Å². The molecule has 2 nitrogen and oxygen atoms in total. The molecule has 0 heterocycles. The van der Waals surface area contributed by atoms with Crippen LogP contribution in [0.2, 0.25) is 0 Å². The Morgan fingerprint density at radius 3 is 2.55 bits per heavy atom. The lowest BCUT2D eigenvalue weighted by Crippen LogP contribution is -2.25. The minimum absolute atomic E-state index is 0.0139. The third-order valence-electron chi connectivity index (χ3n) is 4.23. The first-order valence-corrected chi connectivity index (χ1v) is 6.45. The molecule has 0 radical (unpaired) electrons. The molecule has 1 spiro atoms. The summed E-state index contributed by atoms with van der Waals surface area (Å²) in [6.45, 7) is -0.0740. The van der Waals surface area contributed by atoms with Crippen molar-refractivity contribution in [3.8, 4) is 0 Å². The van der Waals surface area contributed by atoms with Crippen LogP contribution in [0.25, 0.3) is 0 Å². The number of halogens is 4. The highest BCUT2D eigenvalue weighted by molar-refractivity contribution is 5.83. The number of hydrogen-bond donors (Lipinski definition) is 1. The van der Waals surface area contributed by atoms with Gasteiger partial charge in [0.1, 0.15) is 5.82 Å². The first-order chi connectivity index (χ1) is 9.32. The van der Waals surface area contributed by atoms with Crippen LogP contribution in [0.1, 0.15) is 30.4 Å². The van der Waals surface area contributed by atoms with Crippen LogP contribution < -0.4 is 5.32 Å². The Hall–Kier alpha value is -1.59. The number of carbonyl (C=O) groups excluding carboxylic acids is 1. The summed E-state index contributed by atoms with van der Waals surface area (Å²) in [7, 11) is 0. The second-order valence-corrected chi connectivity index (χ2v) is 5.64. The van der Waals surface area contributed by atoms with Crippen molar-refractivity contribution >= 4 is 5.91 Å². The molecule has 0 bridgehead atoms. The molecule has 1 atom stereocenters. The zero-order chi connectivity index (χ0) is 14.5. The van der Waals surface area contributed by atoms with Crippen molar-refractivity contribution in [1.82, 2.24) is 5.32 Å². The normalized spacial score (nSPS) is 22.7. The SMILES string of the molecule is O=C(NCc1ccc(C(F)(F)F)cc1F)C1CC12CC2. The smallest absolute Gasteiger partial charge is 0.352 e. The van der Waals surface area contributed by atoms with Crippen molar-refractivity contribution in [3.05, 3.63) is 35.1 Å². The molecule has 0 aliphatic heterocycles. The van der Waals surface area contributed by atoms with Crippen molar-refractivity contribution in [2.75, 3.05) is 0 Å². The second kappa shape index (κ2) is 4.20. The number of carbonyl (C=O) groups is 1. The fraction of sp³-hybridized carbons (Fsp3) is 0.500. The minimum Gasteiger partial charge on any atom is -0.352 e. The Labute approximate surface area is 113 Å². The minimum atomic E-state index is -4.56. The lowest BCUT2D eigenvalue weighted by Gasteiger charge is -2.10. The first kappa shape index (κ1) is 13.4. The molecule has 1 N–H and O–H groups in total. The molecule has 1 aromatic carbocycles. The van der Waals surface area contributed by atoms with Crippen molar-refractivity contribution in [2.24, 2.45) is 11.3 Å². The van der Waals surface area contributed by atoms with Crippen molar-refractivity contribution < 1.29 is 22.4 Å². The van der Waals surface area contributed by atoms with Crippen molar-refractivity contribution in [2.45, 2.75) is 32.0 Å². The molecule has 0 saturated heterocycles. The monoisotopic (exact) mass is 287 g/mol. The van der Waals surface area contributed by atoms with Gasteiger partial charge in [-0.2, -0.15) is 13.2 Å². The highest BCUT2D eigenvalue weighted by atomic mass is 19.4. The van der Waals surface area contributed by atoms with Crippen LogP contribution >= 0.6 is 0 Å². The predicted octanol–water partition coefficient (Wildman–Crippen LogP) is 3.26. The Morgan fingerprint density at radius 1 is 1.35 bits per heavy atom. The van der Waals surface area contributed by atoms with E-state index in [4.69, 9.17) is 0 Å². The van der Waals surface area contributed by atoms with E-state index < -0.39 is 17.6 Å². The predicted molar refractivity (Wildman–Crippen MR) is 63.0 cm³/mol.